The Labute approximate surface area is 163 Å². The molecule has 1 aromatic heterocycles. The van der Waals surface area contributed by atoms with Crippen LogP contribution in [0.25, 0.3) is 33.3 Å². The third kappa shape index (κ3) is 3.27. The van der Waals surface area contributed by atoms with Crippen molar-refractivity contribution in [3.63, 3.8) is 0 Å². The minimum Gasteiger partial charge on any atom is -0.478 e. The third-order valence-electron chi connectivity index (χ3n) is 4.60. The zero-order valence-electron chi connectivity index (χ0n) is 14.8. The number of halogens is 3. The van der Waals surface area contributed by atoms with Crippen LogP contribution in [0.3, 0.4) is 0 Å². The molecule has 0 aliphatic heterocycles. The van der Waals surface area contributed by atoms with Gasteiger partial charge in [-0.2, -0.15) is 0 Å². The lowest BCUT2D eigenvalue weighted by molar-refractivity contribution is 0.0700. The number of hydrogen-bond acceptors (Lipinski definition) is 3. The topological polar surface area (TPSA) is 76.2 Å². The van der Waals surface area contributed by atoms with Crippen molar-refractivity contribution < 1.29 is 23.1 Å². The molecule has 0 saturated carbocycles. The number of carbonyl (C=O) groups is 1. The second-order valence-corrected chi connectivity index (χ2v) is 6.42. The standard InChI is InChI=1S/C22H13F3N2O2/c23-13-6-8-18-16(9-13)19(22(28)29)20(26)21(27-18)12-3-1-11(2-4-12)15-7-5-14(24)10-17(15)25/h1-10H,26H2,(H,28,29). The summed E-state index contributed by atoms with van der Waals surface area (Å²) in [7, 11) is 0. The zero-order chi connectivity index (χ0) is 20.7. The van der Waals surface area contributed by atoms with Crippen molar-refractivity contribution in [2.24, 2.45) is 0 Å². The Hall–Kier alpha value is -3.87. The number of nitrogens with zero attached hydrogens (tertiary/aromatic N) is 1. The van der Waals surface area contributed by atoms with Crippen molar-refractivity contribution in [2.75, 3.05) is 5.73 Å². The number of fused-ring (bicyclic) bond motifs is 1. The average Bonchev–Trinajstić information content (AvgIpc) is 2.67. The van der Waals surface area contributed by atoms with Crippen LogP contribution in [0.5, 0.6) is 0 Å². The fourth-order valence-corrected chi connectivity index (χ4v) is 3.23. The predicted octanol–water partition coefficient (Wildman–Crippen LogP) is 5.27. The molecule has 0 radical (unpaired) electrons. The zero-order valence-corrected chi connectivity index (χ0v) is 14.8. The molecule has 144 valence electrons. The van der Waals surface area contributed by atoms with Gasteiger partial charge in [0.25, 0.3) is 0 Å². The van der Waals surface area contributed by atoms with E-state index in [9.17, 15) is 23.1 Å². The molecular weight excluding hydrogens is 381 g/mol. The van der Waals surface area contributed by atoms with Crippen LogP contribution in [0.2, 0.25) is 0 Å². The Kier molecular flexibility index (Phi) is 4.43. The molecule has 0 atom stereocenters. The Morgan fingerprint density at radius 1 is 0.862 bits per heavy atom. The van der Waals surface area contributed by atoms with Gasteiger partial charge in [0.05, 0.1) is 22.5 Å². The highest BCUT2D eigenvalue weighted by molar-refractivity contribution is 6.09. The first-order valence-electron chi connectivity index (χ1n) is 8.53. The summed E-state index contributed by atoms with van der Waals surface area (Å²) in [6, 6.07) is 13.3. The molecule has 7 heteroatoms. The van der Waals surface area contributed by atoms with Gasteiger partial charge < -0.3 is 10.8 Å². The number of carboxylic acids is 1. The molecule has 0 aliphatic rings. The third-order valence-corrected chi connectivity index (χ3v) is 4.60. The molecule has 0 saturated heterocycles. The number of benzene rings is 3. The van der Waals surface area contributed by atoms with Crippen LogP contribution >= 0.6 is 0 Å². The van der Waals surface area contributed by atoms with Crippen LogP contribution in [-0.4, -0.2) is 16.1 Å². The molecule has 29 heavy (non-hydrogen) atoms. The smallest absolute Gasteiger partial charge is 0.338 e. The fourth-order valence-electron chi connectivity index (χ4n) is 3.23. The maximum absolute atomic E-state index is 14.0. The predicted molar refractivity (Wildman–Crippen MR) is 104 cm³/mol. The van der Waals surface area contributed by atoms with Crippen LogP contribution in [0.15, 0.2) is 60.7 Å². The summed E-state index contributed by atoms with van der Waals surface area (Å²) in [4.78, 5) is 16.1. The molecule has 4 rings (SSSR count). The van der Waals surface area contributed by atoms with Gasteiger partial charge in [-0.15, -0.1) is 0 Å². The van der Waals surface area contributed by atoms with Crippen molar-refractivity contribution in [1.82, 2.24) is 4.98 Å². The van der Waals surface area contributed by atoms with Gasteiger partial charge in [0, 0.05) is 22.6 Å². The van der Waals surface area contributed by atoms with E-state index in [1.165, 1.54) is 18.2 Å². The van der Waals surface area contributed by atoms with E-state index in [4.69, 9.17) is 5.73 Å². The van der Waals surface area contributed by atoms with Gasteiger partial charge in [-0.05, 0) is 35.9 Å². The second kappa shape index (κ2) is 6.94. The number of anilines is 1. The molecule has 0 spiro atoms. The van der Waals surface area contributed by atoms with Crippen LogP contribution in [0.4, 0.5) is 18.9 Å². The summed E-state index contributed by atoms with van der Waals surface area (Å²) >= 11 is 0. The van der Waals surface area contributed by atoms with Gasteiger partial charge in [-0.3, -0.25) is 0 Å². The summed E-state index contributed by atoms with van der Waals surface area (Å²) in [5.41, 5.74) is 7.44. The van der Waals surface area contributed by atoms with Crippen molar-refractivity contribution in [1.29, 1.82) is 0 Å². The lowest BCUT2D eigenvalue weighted by Gasteiger charge is -2.12. The van der Waals surface area contributed by atoms with E-state index < -0.39 is 23.4 Å². The number of nitrogen functional groups attached to an aromatic ring is 1. The minimum absolute atomic E-state index is 0.101. The summed E-state index contributed by atoms with van der Waals surface area (Å²) in [5.74, 6) is -3.27. The number of aromatic nitrogens is 1. The molecule has 0 amide bonds. The largest absolute Gasteiger partial charge is 0.478 e. The van der Waals surface area contributed by atoms with Crippen LogP contribution < -0.4 is 5.73 Å². The quantitative estimate of drug-likeness (QED) is 0.497. The second-order valence-electron chi connectivity index (χ2n) is 6.42. The molecular formula is C22H13F3N2O2. The van der Waals surface area contributed by atoms with E-state index in [2.05, 4.69) is 4.98 Å². The number of aromatic carboxylic acids is 1. The molecule has 0 aliphatic carbocycles. The highest BCUT2D eigenvalue weighted by Crippen LogP contribution is 2.34. The lowest BCUT2D eigenvalue weighted by atomic mass is 9.98. The Morgan fingerprint density at radius 2 is 1.48 bits per heavy atom. The maximum atomic E-state index is 14.0. The monoisotopic (exact) mass is 394 g/mol. The van der Waals surface area contributed by atoms with E-state index >= 15 is 0 Å². The maximum Gasteiger partial charge on any atom is 0.338 e. The Balaban J connectivity index is 1.85. The lowest BCUT2D eigenvalue weighted by Crippen LogP contribution is -2.07. The number of carboxylic acid groups (broad SMARTS) is 1. The number of rotatable bonds is 3. The molecule has 0 bridgehead atoms. The summed E-state index contributed by atoms with van der Waals surface area (Å²) in [5, 5.41) is 9.67. The van der Waals surface area contributed by atoms with Crippen molar-refractivity contribution in [3.05, 3.63) is 83.7 Å². The van der Waals surface area contributed by atoms with Crippen molar-refractivity contribution >= 4 is 22.6 Å². The Morgan fingerprint density at radius 3 is 2.14 bits per heavy atom. The molecule has 1 heterocycles. The van der Waals surface area contributed by atoms with E-state index in [1.54, 1.807) is 24.3 Å². The van der Waals surface area contributed by atoms with Gasteiger partial charge in [0.1, 0.15) is 17.5 Å². The minimum atomic E-state index is -1.30. The number of pyridine rings is 1. The highest BCUT2D eigenvalue weighted by Gasteiger charge is 2.20. The van der Waals surface area contributed by atoms with Gasteiger partial charge in [0.2, 0.25) is 0 Å². The molecule has 0 fully saturated rings. The summed E-state index contributed by atoms with van der Waals surface area (Å²) in [6.45, 7) is 0. The van der Waals surface area contributed by atoms with Gasteiger partial charge in [-0.1, -0.05) is 24.3 Å². The molecule has 4 aromatic rings. The van der Waals surface area contributed by atoms with Crippen molar-refractivity contribution in [3.8, 4) is 22.4 Å². The first-order valence-corrected chi connectivity index (χ1v) is 8.53. The molecule has 3 aromatic carbocycles. The summed E-state index contributed by atoms with van der Waals surface area (Å²) < 4.78 is 40.7. The van der Waals surface area contributed by atoms with E-state index in [-0.39, 0.29) is 33.4 Å². The van der Waals surface area contributed by atoms with E-state index in [1.807, 2.05) is 0 Å². The van der Waals surface area contributed by atoms with Crippen LogP contribution in [0.1, 0.15) is 10.4 Å². The average molecular weight is 394 g/mol. The summed E-state index contributed by atoms with van der Waals surface area (Å²) in [6.07, 6.45) is 0. The van der Waals surface area contributed by atoms with E-state index in [0.717, 1.165) is 18.2 Å². The SMILES string of the molecule is Nc1c(-c2ccc(-c3ccc(F)cc3F)cc2)nc2ccc(F)cc2c1C(=O)O. The molecule has 0 unspecified atom stereocenters. The van der Waals surface area contributed by atoms with Crippen LogP contribution in [0, 0.1) is 17.5 Å². The van der Waals surface area contributed by atoms with Gasteiger partial charge >= 0.3 is 5.97 Å². The number of nitrogens with two attached hydrogens (primary N) is 1. The highest BCUT2D eigenvalue weighted by atomic mass is 19.1. The first kappa shape index (κ1) is 18.5. The number of hydrogen-bond donors (Lipinski definition) is 2. The fraction of sp³-hybridized carbons (Fsp3) is 0. The normalized spacial score (nSPS) is 11.0. The molecule has 4 nitrogen and oxygen atoms in total. The van der Waals surface area contributed by atoms with Crippen molar-refractivity contribution in [2.45, 2.75) is 0 Å². The van der Waals surface area contributed by atoms with Gasteiger partial charge in [-0.25, -0.2) is 22.9 Å². The van der Waals surface area contributed by atoms with Crippen LogP contribution in [-0.2, 0) is 0 Å². The Bertz CT molecular complexity index is 1270. The first-order chi connectivity index (χ1) is 13.8. The van der Waals surface area contributed by atoms with Gasteiger partial charge in [0.15, 0.2) is 0 Å². The van der Waals surface area contributed by atoms with E-state index in [0.29, 0.717) is 11.1 Å². The molecule has 3 N–H and O–H groups in total.